The van der Waals surface area contributed by atoms with Crippen molar-refractivity contribution in [2.45, 2.75) is 39.0 Å². The summed E-state index contributed by atoms with van der Waals surface area (Å²) in [5, 5.41) is 3.95. The Bertz CT molecular complexity index is 1290. The highest BCUT2D eigenvalue weighted by molar-refractivity contribution is 7.89. The number of hydrogen-bond acceptors (Lipinski definition) is 4. The van der Waals surface area contributed by atoms with Gasteiger partial charge in [0.1, 0.15) is 5.58 Å². The van der Waals surface area contributed by atoms with E-state index in [4.69, 9.17) is 16.0 Å². The third-order valence-corrected chi connectivity index (χ3v) is 8.25. The highest BCUT2D eigenvalue weighted by atomic mass is 35.5. The van der Waals surface area contributed by atoms with Gasteiger partial charge in [-0.15, -0.1) is 0 Å². The van der Waals surface area contributed by atoms with E-state index in [1.165, 1.54) is 0 Å². The number of fused-ring (bicyclic) bond motifs is 1. The molecule has 0 aliphatic carbocycles. The monoisotopic (exact) mass is 474 g/mol. The number of anilines is 1. The van der Waals surface area contributed by atoms with Crippen LogP contribution in [-0.2, 0) is 10.0 Å². The van der Waals surface area contributed by atoms with Gasteiger partial charge in [0.2, 0.25) is 10.0 Å². The van der Waals surface area contributed by atoms with Crippen LogP contribution < -0.4 is 5.32 Å². The third-order valence-electron chi connectivity index (χ3n) is 6.02. The maximum atomic E-state index is 13.3. The van der Waals surface area contributed by atoms with Gasteiger partial charge >= 0.3 is 0 Å². The summed E-state index contributed by atoms with van der Waals surface area (Å²) in [4.78, 5) is 13.0. The molecule has 0 spiro atoms. The van der Waals surface area contributed by atoms with Crippen LogP contribution in [0.15, 0.2) is 45.7 Å². The van der Waals surface area contributed by atoms with E-state index in [-0.39, 0.29) is 10.7 Å². The molecule has 1 amide bonds. The summed E-state index contributed by atoms with van der Waals surface area (Å²) in [7, 11) is -3.63. The van der Waals surface area contributed by atoms with Crippen LogP contribution in [0, 0.1) is 25.7 Å². The van der Waals surface area contributed by atoms with Crippen LogP contribution in [0.1, 0.15) is 41.9 Å². The lowest BCUT2D eigenvalue weighted by atomic mass is 9.94. The normalized spacial score (nSPS) is 19.9. The molecule has 0 radical (unpaired) electrons. The number of piperidine rings is 1. The number of carbonyl (C=O) groups excluding carboxylic acids is 1. The molecule has 1 fully saturated rings. The molecule has 170 valence electrons. The van der Waals surface area contributed by atoms with E-state index in [0.29, 0.717) is 52.2 Å². The molecule has 2 atom stereocenters. The van der Waals surface area contributed by atoms with Crippen molar-refractivity contribution in [2.24, 2.45) is 11.8 Å². The fourth-order valence-corrected chi connectivity index (χ4v) is 6.27. The first kappa shape index (κ1) is 22.8. The first-order valence-corrected chi connectivity index (χ1v) is 12.5. The number of furan rings is 1. The van der Waals surface area contributed by atoms with Gasteiger partial charge in [-0.3, -0.25) is 4.79 Å². The Labute approximate surface area is 193 Å². The molecule has 4 rings (SSSR count). The molecule has 2 aromatic carbocycles. The van der Waals surface area contributed by atoms with Gasteiger partial charge in [0.15, 0.2) is 5.76 Å². The van der Waals surface area contributed by atoms with Crippen LogP contribution in [0.4, 0.5) is 5.69 Å². The first-order chi connectivity index (χ1) is 15.1. The summed E-state index contributed by atoms with van der Waals surface area (Å²) < 4.78 is 33.9. The first-order valence-electron chi connectivity index (χ1n) is 10.7. The lowest BCUT2D eigenvalue weighted by Gasteiger charge is -2.34. The maximum absolute atomic E-state index is 13.3. The van der Waals surface area contributed by atoms with Crippen molar-refractivity contribution >= 4 is 44.2 Å². The molecule has 6 nitrogen and oxygen atoms in total. The van der Waals surface area contributed by atoms with Crippen molar-refractivity contribution in [3.8, 4) is 0 Å². The molecule has 2 heterocycles. The molecule has 32 heavy (non-hydrogen) atoms. The van der Waals surface area contributed by atoms with E-state index < -0.39 is 15.9 Å². The second-order valence-corrected chi connectivity index (χ2v) is 11.2. The topological polar surface area (TPSA) is 79.6 Å². The summed E-state index contributed by atoms with van der Waals surface area (Å²) in [6.45, 7) is 8.82. The van der Waals surface area contributed by atoms with Crippen molar-refractivity contribution in [1.29, 1.82) is 0 Å². The zero-order valence-electron chi connectivity index (χ0n) is 18.6. The molecule has 0 saturated carbocycles. The number of carbonyl (C=O) groups is 1. The lowest BCUT2D eigenvalue weighted by Crippen LogP contribution is -2.42. The average Bonchev–Trinajstić information content (AvgIpc) is 3.06. The van der Waals surface area contributed by atoms with Crippen LogP contribution in [0.2, 0.25) is 5.02 Å². The maximum Gasteiger partial charge on any atom is 0.291 e. The molecular weight excluding hydrogens is 448 g/mol. The van der Waals surface area contributed by atoms with Crippen LogP contribution >= 0.6 is 11.6 Å². The van der Waals surface area contributed by atoms with Crippen molar-refractivity contribution in [1.82, 2.24) is 4.31 Å². The van der Waals surface area contributed by atoms with Gasteiger partial charge in [-0.25, -0.2) is 8.42 Å². The van der Waals surface area contributed by atoms with Crippen LogP contribution in [0.3, 0.4) is 0 Å². The third kappa shape index (κ3) is 4.29. The van der Waals surface area contributed by atoms with Gasteiger partial charge in [-0.2, -0.15) is 4.31 Å². The molecule has 1 aliphatic rings. The van der Waals surface area contributed by atoms with Crippen molar-refractivity contribution in [2.75, 3.05) is 18.4 Å². The molecule has 0 bridgehead atoms. The van der Waals surface area contributed by atoms with E-state index in [1.807, 2.05) is 13.0 Å². The van der Waals surface area contributed by atoms with Gasteiger partial charge in [-0.05, 0) is 68.0 Å². The van der Waals surface area contributed by atoms with E-state index in [2.05, 4.69) is 19.2 Å². The number of amides is 1. The minimum atomic E-state index is -3.63. The van der Waals surface area contributed by atoms with Gasteiger partial charge in [0.05, 0.1) is 4.90 Å². The molecular formula is C24H27ClN2O4S. The number of nitrogens with zero attached hydrogens (tertiary/aromatic N) is 1. The van der Waals surface area contributed by atoms with Gasteiger partial charge in [0.25, 0.3) is 5.91 Å². The second kappa shape index (κ2) is 8.54. The summed E-state index contributed by atoms with van der Waals surface area (Å²) in [5.74, 6) is 0.366. The highest BCUT2D eigenvalue weighted by Gasteiger charge is 2.32. The second-order valence-electron chi connectivity index (χ2n) is 8.90. The van der Waals surface area contributed by atoms with Gasteiger partial charge < -0.3 is 9.73 Å². The number of sulfonamides is 1. The average molecular weight is 475 g/mol. The molecule has 1 aromatic heterocycles. The summed E-state index contributed by atoms with van der Waals surface area (Å²) in [6, 6.07) is 10.0. The van der Waals surface area contributed by atoms with Crippen LogP contribution in [0.5, 0.6) is 0 Å². The quantitative estimate of drug-likeness (QED) is 0.532. The zero-order chi connectivity index (χ0) is 23.2. The van der Waals surface area contributed by atoms with Gasteiger partial charge in [0, 0.05) is 34.7 Å². The molecule has 1 saturated heterocycles. The lowest BCUT2D eigenvalue weighted by molar-refractivity contribution is 0.0998. The van der Waals surface area contributed by atoms with Crippen LogP contribution in [0.25, 0.3) is 11.0 Å². The number of aryl methyl sites for hydroxylation is 2. The van der Waals surface area contributed by atoms with E-state index in [9.17, 15) is 13.2 Å². The predicted octanol–water partition coefficient (Wildman–Crippen LogP) is 5.62. The Morgan fingerprint density at radius 1 is 1.09 bits per heavy atom. The molecule has 1 N–H and O–H groups in total. The zero-order valence-corrected chi connectivity index (χ0v) is 20.2. The number of benzene rings is 2. The predicted molar refractivity (Wildman–Crippen MR) is 127 cm³/mol. The molecule has 2 unspecified atom stereocenters. The minimum Gasteiger partial charge on any atom is -0.451 e. The van der Waals surface area contributed by atoms with Crippen molar-refractivity contribution < 1.29 is 17.6 Å². The standard InChI is InChI=1S/C24H27ClN2O4S/c1-14-9-15(2)13-27(12-14)32(29,30)19-7-8-22-20(11-19)17(4)23(31-22)24(28)26-18-6-5-16(3)21(25)10-18/h5-8,10-11,14-15H,9,12-13H2,1-4H3,(H,26,28). The number of hydrogen-bond donors (Lipinski definition) is 1. The van der Waals surface area contributed by atoms with Crippen LogP contribution in [-0.4, -0.2) is 31.7 Å². The van der Waals surface area contributed by atoms with Crippen molar-refractivity contribution in [3.63, 3.8) is 0 Å². The van der Waals surface area contributed by atoms with Gasteiger partial charge in [-0.1, -0.05) is 31.5 Å². The van der Waals surface area contributed by atoms with E-state index in [0.717, 1.165) is 12.0 Å². The molecule has 3 aromatic rings. The minimum absolute atomic E-state index is 0.145. The Kier molecular flexibility index (Phi) is 6.09. The highest BCUT2D eigenvalue weighted by Crippen LogP contribution is 2.32. The Balaban J connectivity index is 1.65. The fraction of sp³-hybridized carbons (Fsp3) is 0.375. The largest absolute Gasteiger partial charge is 0.451 e. The number of nitrogens with one attached hydrogen (secondary N) is 1. The fourth-order valence-electron chi connectivity index (χ4n) is 4.39. The van der Waals surface area contributed by atoms with E-state index >= 15 is 0 Å². The summed E-state index contributed by atoms with van der Waals surface area (Å²) in [5.41, 5.74) is 2.53. The Morgan fingerprint density at radius 2 is 1.78 bits per heavy atom. The summed E-state index contributed by atoms with van der Waals surface area (Å²) >= 11 is 6.15. The SMILES string of the molecule is Cc1ccc(NC(=O)c2oc3ccc(S(=O)(=O)N4CC(C)CC(C)C4)cc3c2C)cc1Cl. The number of rotatable bonds is 4. The summed E-state index contributed by atoms with van der Waals surface area (Å²) in [6.07, 6.45) is 1.02. The Hall–Kier alpha value is -2.35. The van der Waals surface area contributed by atoms with Crippen molar-refractivity contribution in [3.05, 3.63) is 58.3 Å². The number of halogens is 1. The molecule has 8 heteroatoms. The molecule has 1 aliphatic heterocycles. The smallest absolute Gasteiger partial charge is 0.291 e. The van der Waals surface area contributed by atoms with E-state index in [1.54, 1.807) is 41.6 Å². The Morgan fingerprint density at radius 3 is 2.44 bits per heavy atom.